The van der Waals surface area contributed by atoms with E-state index in [1.165, 1.54) is 10.2 Å². The zero-order valence-electron chi connectivity index (χ0n) is 16.1. The quantitative estimate of drug-likeness (QED) is 0.673. The van der Waals surface area contributed by atoms with Crippen molar-refractivity contribution in [1.82, 2.24) is 9.78 Å². The molecule has 0 unspecified atom stereocenters. The fraction of sp³-hybridized carbons (Fsp3) is 0.304. The third-order valence-electron chi connectivity index (χ3n) is 4.80. The lowest BCUT2D eigenvalue weighted by atomic mass is 10.1. The average molecular weight is 376 g/mol. The highest BCUT2D eigenvalue weighted by Crippen LogP contribution is 2.33. The van der Waals surface area contributed by atoms with Gasteiger partial charge in [-0.2, -0.15) is 5.10 Å². The SMILES string of the molecule is CCCc1ccc(Cn2nc(-c3ccc4c(c3)OCCCO4)ccc2=O)cc1. The first-order valence-corrected chi connectivity index (χ1v) is 9.79. The topological polar surface area (TPSA) is 53.4 Å². The van der Waals surface area contributed by atoms with Crippen LogP contribution in [0.25, 0.3) is 11.3 Å². The summed E-state index contributed by atoms with van der Waals surface area (Å²) in [5.41, 5.74) is 3.89. The summed E-state index contributed by atoms with van der Waals surface area (Å²) in [7, 11) is 0. The summed E-state index contributed by atoms with van der Waals surface area (Å²) in [5.74, 6) is 1.47. The number of hydrogen-bond donors (Lipinski definition) is 0. The summed E-state index contributed by atoms with van der Waals surface area (Å²) in [6.07, 6.45) is 3.06. The smallest absolute Gasteiger partial charge is 0.267 e. The van der Waals surface area contributed by atoms with E-state index in [4.69, 9.17) is 9.47 Å². The lowest BCUT2D eigenvalue weighted by Crippen LogP contribution is -2.22. The van der Waals surface area contributed by atoms with Crippen molar-refractivity contribution >= 4 is 0 Å². The largest absolute Gasteiger partial charge is 0.490 e. The maximum Gasteiger partial charge on any atom is 0.267 e. The summed E-state index contributed by atoms with van der Waals surface area (Å²) in [4.78, 5) is 12.3. The van der Waals surface area contributed by atoms with E-state index in [1.54, 1.807) is 12.1 Å². The lowest BCUT2D eigenvalue weighted by Gasteiger charge is -2.11. The number of rotatable bonds is 5. The van der Waals surface area contributed by atoms with Gasteiger partial charge in [0.05, 0.1) is 25.5 Å². The molecule has 0 atom stereocenters. The van der Waals surface area contributed by atoms with Crippen molar-refractivity contribution in [3.05, 3.63) is 76.1 Å². The van der Waals surface area contributed by atoms with Gasteiger partial charge < -0.3 is 9.47 Å². The second-order valence-corrected chi connectivity index (χ2v) is 6.99. The molecule has 0 saturated heterocycles. The molecule has 0 radical (unpaired) electrons. The molecule has 1 aromatic heterocycles. The first-order valence-electron chi connectivity index (χ1n) is 9.79. The molecule has 0 amide bonds. The van der Waals surface area contributed by atoms with Crippen LogP contribution < -0.4 is 15.0 Å². The highest BCUT2D eigenvalue weighted by atomic mass is 16.5. The number of fused-ring (bicyclic) bond motifs is 1. The number of nitrogens with zero attached hydrogens (tertiary/aromatic N) is 2. The zero-order chi connectivity index (χ0) is 19.3. The minimum absolute atomic E-state index is 0.115. The van der Waals surface area contributed by atoms with Crippen LogP contribution in [0.2, 0.25) is 0 Å². The van der Waals surface area contributed by atoms with Gasteiger partial charge in [0.2, 0.25) is 0 Å². The molecule has 0 aliphatic carbocycles. The van der Waals surface area contributed by atoms with Crippen LogP contribution in [-0.4, -0.2) is 23.0 Å². The van der Waals surface area contributed by atoms with Crippen LogP contribution in [-0.2, 0) is 13.0 Å². The molecule has 28 heavy (non-hydrogen) atoms. The molecule has 0 bridgehead atoms. The van der Waals surface area contributed by atoms with Gasteiger partial charge in [-0.15, -0.1) is 0 Å². The average Bonchev–Trinajstić information content (AvgIpc) is 2.96. The van der Waals surface area contributed by atoms with E-state index in [2.05, 4.69) is 36.3 Å². The Bertz CT molecular complexity index is 1010. The van der Waals surface area contributed by atoms with Crippen molar-refractivity contribution in [1.29, 1.82) is 0 Å². The van der Waals surface area contributed by atoms with E-state index < -0.39 is 0 Å². The van der Waals surface area contributed by atoms with Gasteiger partial charge in [0.1, 0.15) is 0 Å². The summed E-state index contributed by atoms with van der Waals surface area (Å²) in [5, 5.41) is 4.58. The molecule has 2 aromatic carbocycles. The fourth-order valence-electron chi connectivity index (χ4n) is 3.31. The molecule has 5 nitrogen and oxygen atoms in total. The number of benzene rings is 2. The molecular formula is C23H24N2O3. The van der Waals surface area contributed by atoms with Gasteiger partial charge in [-0.25, -0.2) is 4.68 Å². The maximum atomic E-state index is 12.3. The minimum atomic E-state index is -0.115. The highest BCUT2D eigenvalue weighted by Gasteiger charge is 2.13. The standard InChI is InChI=1S/C23H24N2O3/c1-2-4-17-5-7-18(8-6-17)16-25-23(26)12-10-20(24-25)19-9-11-21-22(15-19)28-14-3-13-27-21/h5-12,15H,2-4,13-14,16H2,1H3. The number of ether oxygens (including phenoxy) is 2. The van der Waals surface area contributed by atoms with Crippen molar-refractivity contribution in [2.75, 3.05) is 13.2 Å². The Hall–Kier alpha value is -3.08. The van der Waals surface area contributed by atoms with Crippen LogP contribution in [0, 0.1) is 0 Å². The van der Waals surface area contributed by atoms with Crippen molar-refractivity contribution in [3.63, 3.8) is 0 Å². The van der Waals surface area contributed by atoms with Gasteiger partial charge in [0, 0.05) is 18.1 Å². The second kappa shape index (κ2) is 8.30. The first-order chi connectivity index (χ1) is 13.7. The number of aromatic nitrogens is 2. The summed E-state index contributed by atoms with van der Waals surface area (Å²) in [6.45, 7) is 3.91. The molecule has 144 valence electrons. The van der Waals surface area contributed by atoms with Gasteiger partial charge in [0.15, 0.2) is 11.5 Å². The maximum absolute atomic E-state index is 12.3. The number of aryl methyl sites for hydroxylation is 1. The molecule has 4 rings (SSSR count). The summed E-state index contributed by atoms with van der Waals surface area (Å²) >= 11 is 0. The predicted molar refractivity (Wildman–Crippen MR) is 109 cm³/mol. The number of hydrogen-bond acceptors (Lipinski definition) is 4. The van der Waals surface area contributed by atoms with Crippen LogP contribution in [0.4, 0.5) is 0 Å². The zero-order valence-corrected chi connectivity index (χ0v) is 16.1. The minimum Gasteiger partial charge on any atom is -0.490 e. The summed E-state index contributed by atoms with van der Waals surface area (Å²) in [6, 6.07) is 17.5. The highest BCUT2D eigenvalue weighted by molar-refractivity contribution is 5.63. The van der Waals surface area contributed by atoms with E-state index in [1.807, 2.05) is 18.2 Å². The molecule has 0 spiro atoms. The molecule has 0 fully saturated rings. The molecule has 5 heteroatoms. The molecule has 2 heterocycles. The van der Waals surface area contributed by atoms with Crippen LogP contribution in [0.5, 0.6) is 11.5 Å². The van der Waals surface area contributed by atoms with Crippen molar-refractivity contribution in [3.8, 4) is 22.8 Å². The molecule has 1 aliphatic rings. The van der Waals surface area contributed by atoms with E-state index in [0.717, 1.165) is 47.6 Å². The van der Waals surface area contributed by atoms with Crippen LogP contribution in [0.1, 0.15) is 30.9 Å². The van der Waals surface area contributed by atoms with Crippen LogP contribution >= 0.6 is 0 Å². The Morgan fingerprint density at radius 2 is 1.68 bits per heavy atom. The van der Waals surface area contributed by atoms with Gasteiger partial charge >= 0.3 is 0 Å². The van der Waals surface area contributed by atoms with E-state index in [-0.39, 0.29) is 5.56 Å². The Morgan fingerprint density at radius 1 is 0.929 bits per heavy atom. The molecule has 3 aromatic rings. The Kier molecular flexibility index (Phi) is 5.42. The van der Waals surface area contributed by atoms with Crippen LogP contribution in [0.3, 0.4) is 0 Å². The second-order valence-electron chi connectivity index (χ2n) is 6.99. The van der Waals surface area contributed by atoms with E-state index in [0.29, 0.717) is 19.8 Å². The predicted octanol–water partition coefficient (Wildman–Crippen LogP) is 4.07. The lowest BCUT2D eigenvalue weighted by molar-refractivity contribution is 0.297. The van der Waals surface area contributed by atoms with Gasteiger partial charge in [-0.3, -0.25) is 4.79 Å². The summed E-state index contributed by atoms with van der Waals surface area (Å²) < 4.78 is 13.0. The monoisotopic (exact) mass is 376 g/mol. The van der Waals surface area contributed by atoms with Crippen molar-refractivity contribution < 1.29 is 9.47 Å². The fourth-order valence-corrected chi connectivity index (χ4v) is 3.31. The molecule has 0 saturated carbocycles. The molecule has 1 aliphatic heterocycles. The Labute approximate surface area is 164 Å². The van der Waals surface area contributed by atoms with E-state index in [9.17, 15) is 4.79 Å². The molecular weight excluding hydrogens is 352 g/mol. The van der Waals surface area contributed by atoms with E-state index >= 15 is 0 Å². The molecule has 0 N–H and O–H groups in total. The first kappa shape index (κ1) is 18.3. The van der Waals surface area contributed by atoms with Crippen molar-refractivity contribution in [2.24, 2.45) is 0 Å². The van der Waals surface area contributed by atoms with Crippen molar-refractivity contribution in [2.45, 2.75) is 32.7 Å². The third-order valence-corrected chi connectivity index (χ3v) is 4.80. The normalized spacial score (nSPS) is 13.2. The Balaban J connectivity index is 1.60. The third kappa shape index (κ3) is 4.09. The van der Waals surface area contributed by atoms with Crippen LogP contribution in [0.15, 0.2) is 59.4 Å². The van der Waals surface area contributed by atoms with Gasteiger partial charge in [-0.1, -0.05) is 37.6 Å². The Morgan fingerprint density at radius 3 is 2.46 bits per heavy atom. The van der Waals surface area contributed by atoms with Gasteiger partial charge in [-0.05, 0) is 41.8 Å². The van der Waals surface area contributed by atoms with Gasteiger partial charge in [0.25, 0.3) is 5.56 Å².